The fraction of sp³-hybridized carbons (Fsp3) is 0.100. The van der Waals surface area contributed by atoms with Crippen LogP contribution in [-0.2, 0) is 0 Å². The molecule has 0 aliphatic rings. The highest BCUT2D eigenvalue weighted by Crippen LogP contribution is 2.26. The molecule has 0 saturated carbocycles. The minimum absolute atomic E-state index is 0.154. The van der Waals surface area contributed by atoms with Crippen LogP contribution in [0.1, 0.15) is 5.56 Å². The summed E-state index contributed by atoms with van der Waals surface area (Å²) < 4.78 is 14.2. The van der Waals surface area contributed by atoms with Gasteiger partial charge in [0.05, 0.1) is 18.9 Å². The van der Waals surface area contributed by atoms with E-state index in [4.69, 9.17) is 0 Å². The molecule has 2 rings (SSSR count). The van der Waals surface area contributed by atoms with Crippen LogP contribution >= 0.6 is 38.5 Å². The van der Waals surface area contributed by atoms with Crippen LogP contribution in [0.5, 0.6) is 0 Å². The number of H-pyrrole nitrogens is 1. The van der Waals surface area contributed by atoms with Gasteiger partial charge in [-0.25, -0.2) is 4.39 Å². The zero-order chi connectivity index (χ0) is 11.2. The van der Waals surface area contributed by atoms with Crippen molar-refractivity contribution in [3.05, 3.63) is 41.9 Å². The van der Waals surface area contributed by atoms with Crippen LogP contribution in [0.15, 0.2) is 21.5 Å². The number of hydrogen-bond acceptors (Lipinski definition) is 1. The number of aromatic amines is 1. The van der Waals surface area contributed by atoms with Crippen molar-refractivity contribution in [2.45, 2.75) is 6.92 Å². The first-order chi connectivity index (χ1) is 7.02. The van der Waals surface area contributed by atoms with Gasteiger partial charge in [0, 0.05) is 6.20 Å². The molecule has 0 saturated heterocycles. The second-order valence-corrected chi connectivity index (χ2v) is 5.16. The Morgan fingerprint density at radius 1 is 1.53 bits per heavy atom. The zero-order valence-corrected chi connectivity index (χ0v) is 11.4. The molecule has 1 aromatic carbocycles. The highest BCUT2D eigenvalue weighted by Gasteiger charge is 2.12. The van der Waals surface area contributed by atoms with E-state index in [0.717, 1.165) is 5.56 Å². The van der Waals surface area contributed by atoms with E-state index in [1.807, 2.05) is 22.6 Å². The Balaban J connectivity index is 3.12. The number of fused-ring (bicyclic) bond motifs is 1. The third-order valence-electron chi connectivity index (χ3n) is 2.20. The molecule has 0 amide bonds. The molecule has 1 aromatic heterocycles. The smallest absolute Gasteiger partial charge is 0.203 e. The Morgan fingerprint density at radius 3 is 2.87 bits per heavy atom. The third kappa shape index (κ3) is 1.71. The maximum atomic E-state index is 13.4. The Bertz CT molecular complexity index is 608. The van der Waals surface area contributed by atoms with Crippen molar-refractivity contribution in [1.82, 2.24) is 4.98 Å². The van der Waals surface area contributed by atoms with Crippen molar-refractivity contribution in [2.75, 3.05) is 0 Å². The molecule has 5 heteroatoms. The van der Waals surface area contributed by atoms with E-state index in [1.165, 1.54) is 6.07 Å². The summed E-state index contributed by atoms with van der Waals surface area (Å²) in [6.45, 7) is 1.76. The van der Waals surface area contributed by atoms with E-state index in [0.29, 0.717) is 14.5 Å². The van der Waals surface area contributed by atoms with Crippen molar-refractivity contribution in [3.63, 3.8) is 0 Å². The van der Waals surface area contributed by atoms with Gasteiger partial charge in [-0.15, -0.1) is 0 Å². The minimum Gasteiger partial charge on any atom is -0.360 e. The molecule has 15 heavy (non-hydrogen) atoms. The van der Waals surface area contributed by atoms with Gasteiger partial charge in [-0.1, -0.05) is 0 Å². The summed E-state index contributed by atoms with van der Waals surface area (Å²) in [5.41, 5.74) is 1.24. The topological polar surface area (TPSA) is 32.9 Å². The number of rotatable bonds is 0. The van der Waals surface area contributed by atoms with Crippen molar-refractivity contribution >= 4 is 49.4 Å². The molecular formula is C10H6BrFINO. The fourth-order valence-electron chi connectivity index (χ4n) is 1.47. The van der Waals surface area contributed by atoms with E-state index in [9.17, 15) is 9.18 Å². The van der Waals surface area contributed by atoms with Crippen LogP contribution in [0.25, 0.3) is 10.9 Å². The maximum Gasteiger partial charge on any atom is 0.203 e. The van der Waals surface area contributed by atoms with Gasteiger partial charge in [-0.05, 0) is 57.1 Å². The zero-order valence-electron chi connectivity index (χ0n) is 7.70. The van der Waals surface area contributed by atoms with Gasteiger partial charge in [0.15, 0.2) is 0 Å². The monoisotopic (exact) mass is 381 g/mol. The van der Waals surface area contributed by atoms with Gasteiger partial charge < -0.3 is 4.98 Å². The number of nitrogens with one attached hydrogen (secondary N) is 1. The largest absolute Gasteiger partial charge is 0.360 e. The highest BCUT2D eigenvalue weighted by molar-refractivity contribution is 14.1. The van der Waals surface area contributed by atoms with E-state index in [2.05, 4.69) is 20.9 Å². The predicted octanol–water partition coefficient (Wildman–Crippen LogP) is 3.34. The van der Waals surface area contributed by atoms with Gasteiger partial charge in [0.25, 0.3) is 0 Å². The Hall–Kier alpha value is -0.430. The lowest BCUT2D eigenvalue weighted by Crippen LogP contribution is -2.08. The number of halogens is 3. The lowest BCUT2D eigenvalue weighted by atomic mass is 10.1. The van der Waals surface area contributed by atoms with Crippen molar-refractivity contribution in [1.29, 1.82) is 0 Å². The number of aromatic nitrogens is 1. The Kier molecular flexibility index (Phi) is 2.85. The summed E-state index contributed by atoms with van der Waals surface area (Å²) in [7, 11) is 0. The molecule has 0 unspecified atom stereocenters. The molecule has 1 heterocycles. The molecule has 0 spiro atoms. The summed E-state index contributed by atoms with van der Waals surface area (Å²) in [6.07, 6.45) is 1.63. The predicted molar refractivity (Wildman–Crippen MR) is 69.7 cm³/mol. The molecule has 0 aliphatic carbocycles. The molecule has 0 bridgehead atoms. The molecule has 0 fully saturated rings. The summed E-state index contributed by atoms with van der Waals surface area (Å²) in [5.74, 6) is -0.410. The SMILES string of the molecule is Cc1cc(F)c(Br)c2c(=O)c(I)c[nH]c12. The molecule has 0 atom stereocenters. The average Bonchev–Trinajstić information content (AvgIpc) is 2.19. The van der Waals surface area contributed by atoms with Crippen LogP contribution in [0.3, 0.4) is 0 Å². The van der Waals surface area contributed by atoms with Crippen LogP contribution in [-0.4, -0.2) is 4.98 Å². The van der Waals surface area contributed by atoms with Crippen molar-refractivity contribution in [2.24, 2.45) is 0 Å². The minimum atomic E-state index is -0.410. The molecule has 0 aliphatic heterocycles. The quantitative estimate of drug-likeness (QED) is 0.697. The van der Waals surface area contributed by atoms with Gasteiger partial charge >= 0.3 is 0 Å². The van der Waals surface area contributed by atoms with E-state index >= 15 is 0 Å². The maximum absolute atomic E-state index is 13.4. The molecule has 1 N–H and O–H groups in total. The lowest BCUT2D eigenvalue weighted by molar-refractivity contribution is 0.622. The first-order valence-electron chi connectivity index (χ1n) is 4.18. The number of benzene rings is 1. The number of pyridine rings is 1. The number of hydrogen-bond donors (Lipinski definition) is 1. The standard InChI is InChI=1S/C10H6BrFINO/c1-4-2-5(12)8(11)7-9(4)14-3-6(13)10(7)15/h2-3H,1H3,(H,14,15). The van der Waals surface area contributed by atoms with Gasteiger partial charge in [-0.2, -0.15) is 0 Å². The van der Waals surface area contributed by atoms with Crippen LogP contribution in [0.4, 0.5) is 4.39 Å². The van der Waals surface area contributed by atoms with Gasteiger partial charge in [0.2, 0.25) is 5.43 Å². The lowest BCUT2D eigenvalue weighted by Gasteiger charge is -2.05. The summed E-state index contributed by atoms with van der Waals surface area (Å²) in [5, 5.41) is 0.374. The molecule has 2 aromatic rings. The fourth-order valence-corrected chi connectivity index (χ4v) is 2.39. The van der Waals surface area contributed by atoms with Crippen LogP contribution in [0.2, 0.25) is 0 Å². The second kappa shape index (κ2) is 3.86. The first-order valence-corrected chi connectivity index (χ1v) is 6.05. The van der Waals surface area contributed by atoms with Crippen molar-refractivity contribution < 1.29 is 4.39 Å². The van der Waals surface area contributed by atoms with Gasteiger partial charge in [0.1, 0.15) is 5.82 Å². The normalized spacial score (nSPS) is 10.9. The second-order valence-electron chi connectivity index (χ2n) is 3.21. The van der Waals surface area contributed by atoms with Gasteiger partial charge in [-0.3, -0.25) is 4.79 Å². The van der Waals surface area contributed by atoms with Crippen LogP contribution < -0.4 is 5.43 Å². The van der Waals surface area contributed by atoms with E-state index in [1.54, 1.807) is 13.1 Å². The molecule has 78 valence electrons. The summed E-state index contributed by atoms with van der Waals surface area (Å²) in [6, 6.07) is 1.40. The van der Waals surface area contributed by atoms with Crippen LogP contribution in [0, 0.1) is 16.3 Å². The van der Waals surface area contributed by atoms with E-state index in [-0.39, 0.29) is 9.90 Å². The molecule has 0 radical (unpaired) electrons. The van der Waals surface area contributed by atoms with Crippen molar-refractivity contribution in [3.8, 4) is 0 Å². The molecular weight excluding hydrogens is 376 g/mol. The average molecular weight is 382 g/mol. The highest BCUT2D eigenvalue weighted by atomic mass is 127. The Morgan fingerprint density at radius 2 is 2.20 bits per heavy atom. The summed E-state index contributed by atoms with van der Waals surface area (Å²) in [4.78, 5) is 14.8. The summed E-state index contributed by atoms with van der Waals surface area (Å²) >= 11 is 5.03. The third-order valence-corrected chi connectivity index (χ3v) is 3.78. The van der Waals surface area contributed by atoms with E-state index < -0.39 is 5.82 Å². The number of aryl methyl sites for hydroxylation is 1. The molecule has 2 nitrogen and oxygen atoms in total. The first kappa shape index (κ1) is 11.1. The Labute approximate surface area is 107 Å².